The summed E-state index contributed by atoms with van der Waals surface area (Å²) in [6, 6.07) is 21.9. The molecule has 180 valence electrons. The van der Waals surface area contributed by atoms with Crippen molar-refractivity contribution in [3.8, 4) is 0 Å². The first-order chi connectivity index (χ1) is 16.6. The van der Waals surface area contributed by atoms with Gasteiger partial charge in [0.2, 0.25) is 5.91 Å². The van der Waals surface area contributed by atoms with Crippen molar-refractivity contribution in [1.82, 2.24) is 15.5 Å². The van der Waals surface area contributed by atoms with E-state index in [-0.39, 0.29) is 18.6 Å². The van der Waals surface area contributed by atoms with Gasteiger partial charge in [-0.2, -0.15) is 0 Å². The summed E-state index contributed by atoms with van der Waals surface area (Å²) in [5.74, 6) is 0.517. The van der Waals surface area contributed by atoms with Crippen LogP contribution in [0.5, 0.6) is 0 Å². The van der Waals surface area contributed by atoms with Gasteiger partial charge in [0.15, 0.2) is 0 Å². The Morgan fingerprint density at radius 3 is 2.15 bits per heavy atom. The summed E-state index contributed by atoms with van der Waals surface area (Å²) >= 11 is 0. The van der Waals surface area contributed by atoms with E-state index >= 15 is 0 Å². The van der Waals surface area contributed by atoms with E-state index in [9.17, 15) is 9.59 Å². The molecule has 0 bridgehead atoms. The van der Waals surface area contributed by atoms with E-state index in [4.69, 9.17) is 9.15 Å². The Morgan fingerprint density at radius 2 is 1.56 bits per heavy atom. The highest BCUT2D eigenvalue weighted by molar-refractivity contribution is 5.86. The number of ether oxygens (including phenoxy) is 1. The molecule has 1 heterocycles. The average Bonchev–Trinajstić information content (AvgIpc) is 3.40. The van der Waals surface area contributed by atoms with Gasteiger partial charge in [-0.25, -0.2) is 4.79 Å². The molecule has 1 aromatic heterocycles. The second-order valence-corrected chi connectivity index (χ2v) is 7.95. The fourth-order valence-corrected chi connectivity index (χ4v) is 3.84. The van der Waals surface area contributed by atoms with Crippen LogP contribution in [0.4, 0.5) is 4.79 Å². The fraction of sp³-hybridized carbons (Fsp3) is 0.333. The Kier molecular flexibility index (Phi) is 9.73. The molecule has 0 aliphatic carbocycles. The molecule has 7 nitrogen and oxygen atoms in total. The molecule has 7 heteroatoms. The van der Waals surface area contributed by atoms with Gasteiger partial charge in [0.05, 0.1) is 12.3 Å². The van der Waals surface area contributed by atoms with Crippen LogP contribution in [0.15, 0.2) is 83.5 Å². The standard InChI is InChI=1S/C27H33N3O4/c1-3-30(4-2)24(25-16-11-17-33-25)19-28-26(31)23(18-21-12-7-5-8-13-21)29-27(32)34-20-22-14-9-6-10-15-22/h5-17,23-24H,3-4,18-20H2,1-2H3,(H,28,31)(H,29,32)/t23-,24?/m0/s1. The number of hydrogen-bond acceptors (Lipinski definition) is 5. The number of nitrogens with one attached hydrogen (secondary N) is 2. The minimum atomic E-state index is -0.778. The van der Waals surface area contributed by atoms with E-state index < -0.39 is 12.1 Å². The minimum Gasteiger partial charge on any atom is -0.468 e. The van der Waals surface area contributed by atoms with Gasteiger partial charge in [-0.15, -0.1) is 0 Å². The van der Waals surface area contributed by atoms with Crippen molar-refractivity contribution in [2.45, 2.75) is 39.0 Å². The molecule has 2 amide bonds. The molecule has 0 saturated heterocycles. The number of hydrogen-bond donors (Lipinski definition) is 2. The lowest BCUT2D eigenvalue weighted by Crippen LogP contribution is -2.50. The van der Waals surface area contributed by atoms with Crippen LogP contribution < -0.4 is 10.6 Å². The van der Waals surface area contributed by atoms with Gasteiger partial charge in [-0.05, 0) is 36.3 Å². The topological polar surface area (TPSA) is 83.8 Å². The fourth-order valence-electron chi connectivity index (χ4n) is 3.84. The number of likely N-dealkylation sites (N-methyl/N-ethyl adjacent to an activating group) is 1. The van der Waals surface area contributed by atoms with Gasteiger partial charge in [0, 0.05) is 13.0 Å². The molecule has 0 fully saturated rings. The van der Waals surface area contributed by atoms with Crippen LogP contribution >= 0.6 is 0 Å². The summed E-state index contributed by atoms with van der Waals surface area (Å²) in [5.41, 5.74) is 1.82. The lowest BCUT2D eigenvalue weighted by molar-refractivity contribution is -0.123. The summed E-state index contributed by atoms with van der Waals surface area (Å²) in [6.07, 6.45) is 1.35. The SMILES string of the molecule is CCN(CC)C(CNC(=O)[C@H](Cc1ccccc1)NC(=O)OCc1ccccc1)c1ccco1. The summed E-state index contributed by atoms with van der Waals surface area (Å²) in [7, 11) is 0. The Bertz CT molecular complexity index is 989. The predicted octanol–water partition coefficient (Wildman–Crippen LogP) is 4.32. The molecular weight excluding hydrogens is 430 g/mol. The van der Waals surface area contributed by atoms with Crippen LogP contribution in [0.1, 0.15) is 36.8 Å². The highest BCUT2D eigenvalue weighted by atomic mass is 16.5. The normalized spacial score (nSPS) is 12.7. The molecular formula is C27H33N3O4. The van der Waals surface area contributed by atoms with Gasteiger partial charge < -0.3 is 19.8 Å². The molecule has 3 rings (SSSR count). The van der Waals surface area contributed by atoms with Crippen molar-refractivity contribution in [3.05, 3.63) is 95.9 Å². The maximum absolute atomic E-state index is 13.2. The van der Waals surface area contributed by atoms with Gasteiger partial charge in [0.25, 0.3) is 0 Å². The first-order valence-electron chi connectivity index (χ1n) is 11.7. The van der Waals surface area contributed by atoms with Crippen molar-refractivity contribution in [2.75, 3.05) is 19.6 Å². The van der Waals surface area contributed by atoms with Crippen molar-refractivity contribution in [3.63, 3.8) is 0 Å². The summed E-state index contributed by atoms with van der Waals surface area (Å²) in [5, 5.41) is 5.75. The van der Waals surface area contributed by atoms with E-state index in [1.54, 1.807) is 6.26 Å². The van der Waals surface area contributed by atoms with E-state index in [0.717, 1.165) is 30.0 Å². The quantitative estimate of drug-likeness (QED) is 0.418. The van der Waals surface area contributed by atoms with Crippen LogP contribution in [0, 0.1) is 0 Å². The van der Waals surface area contributed by atoms with E-state index in [0.29, 0.717) is 13.0 Å². The minimum absolute atomic E-state index is 0.101. The van der Waals surface area contributed by atoms with Gasteiger partial charge in [0.1, 0.15) is 18.4 Å². The number of carbonyl (C=O) groups is 2. The van der Waals surface area contributed by atoms with Crippen molar-refractivity contribution in [2.24, 2.45) is 0 Å². The maximum Gasteiger partial charge on any atom is 0.408 e. The summed E-state index contributed by atoms with van der Waals surface area (Å²) in [4.78, 5) is 27.9. The molecule has 2 N–H and O–H groups in total. The Labute approximate surface area is 201 Å². The lowest BCUT2D eigenvalue weighted by Gasteiger charge is -2.29. The first kappa shape index (κ1) is 25.1. The molecule has 0 saturated carbocycles. The van der Waals surface area contributed by atoms with Crippen molar-refractivity contribution in [1.29, 1.82) is 0 Å². The number of benzene rings is 2. The zero-order chi connectivity index (χ0) is 24.2. The monoisotopic (exact) mass is 463 g/mol. The number of amides is 2. The largest absolute Gasteiger partial charge is 0.468 e. The highest BCUT2D eigenvalue weighted by Crippen LogP contribution is 2.20. The zero-order valence-electron chi connectivity index (χ0n) is 19.8. The predicted molar refractivity (Wildman–Crippen MR) is 131 cm³/mol. The smallest absolute Gasteiger partial charge is 0.408 e. The number of nitrogens with zero attached hydrogens (tertiary/aromatic N) is 1. The molecule has 0 aliphatic rings. The van der Waals surface area contributed by atoms with E-state index in [2.05, 4.69) is 29.4 Å². The lowest BCUT2D eigenvalue weighted by atomic mass is 10.1. The van der Waals surface area contributed by atoms with Gasteiger partial charge >= 0.3 is 6.09 Å². The van der Waals surface area contributed by atoms with Crippen LogP contribution in [0.2, 0.25) is 0 Å². The Balaban J connectivity index is 1.66. The second kappa shape index (κ2) is 13.2. The first-order valence-corrected chi connectivity index (χ1v) is 11.7. The van der Waals surface area contributed by atoms with Crippen LogP contribution in [-0.4, -0.2) is 42.6 Å². The van der Waals surface area contributed by atoms with Gasteiger partial charge in [-0.1, -0.05) is 74.5 Å². The third-order valence-electron chi connectivity index (χ3n) is 5.70. The molecule has 2 atom stereocenters. The molecule has 0 spiro atoms. The van der Waals surface area contributed by atoms with E-state index in [1.165, 1.54) is 0 Å². The van der Waals surface area contributed by atoms with Crippen LogP contribution in [0.3, 0.4) is 0 Å². The highest BCUT2D eigenvalue weighted by Gasteiger charge is 2.26. The maximum atomic E-state index is 13.2. The number of furan rings is 1. The molecule has 0 radical (unpaired) electrons. The summed E-state index contributed by atoms with van der Waals surface area (Å²) in [6.45, 7) is 6.27. The third-order valence-corrected chi connectivity index (χ3v) is 5.70. The van der Waals surface area contributed by atoms with Crippen molar-refractivity contribution < 1.29 is 18.7 Å². The molecule has 1 unspecified atom stereocenters. The molecule has 3 aromatic rings. The Hall–Kier alpha value is -3.58. The average molecular weight is 464 g/mol. The van der Waals surface area contributed by atoms with Crippen LogP contribution in [0.25, 0.3) is 0 Å². The van der Waals surface area contributed by atoms with E-state index in [1.807, 2.05) is 72.8 Å². The second-order valence-electron chi connectivity index (χ2n) is 7.95. The number of carbonyl (C=O) groups excluding carboxylic acids is 2. The van der Waals surface area contributed by atoms with Crippen molar-refractivity contribution >= 4 is 12.0 Å². The number of alkyl carbamates (subject to hydrolysis) is 1. The third kappa shape index (κ3) is 7.49. The summed E-state index contributed by atoms with van der Waals surface area (Å²) < 4.78 is 11.0. The zero-order valence-corrected chi connectivity index (χ0v) is 19.8. The Morgan fingerprint density at radius 1 is 0.912 bits per heavy atom. The van der Waals surface area contributed by atoms with Gasteiger partial charge in [-0.3, -0.25) is 9.69 Å². The molecule has 34 heavy (non-hydrogen) atoms. The molecule has 0 aliphatic heterocycles. The molecule has 2 aromatic carbocycles. The van der Waals surface area contributed by atoms with Crippen LogP contribution in [-0.2, 0) is 22.6 Å². The number of rotatable bonds is 12.